The van der Waals surface area contributed by atoms with Crippen LogP contribution in [0.5, 0.6) is 0 Å². The van der Waals surface area contributed by atoms with Gasteiger partial charge in [-0.1, -0.05) is 12.1 Å². The van der Waals surface area contributed by atoms with E-state index in [1.807, 2.05) is 7.05 Å². The monoisotopic (exact) mass is 247 g/mol. The Balaban J connectivity index is 2.30. The van der Waals surface area contributed by atoms with Gasteiger partial charge in [-0.3, -0.25) is 0 Å². The van der Waals surface area contributed by atoms with Gasteiger partial charge in [0.1, 0.15) is 0 Å². The minimum atomic E-state index is 0.269. The van der Waals surface area contributed by atoms with Gasteiger partial charge >= 0.3 is 0 Å². The summed E-state index contributed by atoms with van der Waals surface area (Å²) < 4.78 is 6.06. The first kappa shape index (κ1) is 13.6. The highest BCUT2D eigenvalue weighted by atomic mass is 16.5. The van der Waals surface area contributed by atoms with Crippen LogP contribution in [0.25, 0.3) is 0 Å². The Labute approximate surface area is 111 Å². The lowest BCUT2D eigenvalue weighted by Gasteiger charge is -2.33. The quantitative estimate of drug-likeness (QED) is 0.885. The van der Waals surface area contributed by atoms with Crippen LogP contribution in [0.3, 0.4) is 0 Å². The van der Waals surface area contributed by atoms with Gasteiger partial charge in [-0.05, 0) is 62.9 Å². The van der Waals surface area contributed by atoms with Gasteiger partial charge in [0.25, 0.3) is 0 Å². The summed E-state index contributed by atoms with van der Waals surface area (Å²) in [5.74, 6) is 0.601. The van der Waals surface area contributed by atoms with E-state index in [1.54, 1.807) is 0 Å². The zero-order valence-electron chi connectivity index (χ0n) is 12.0. The third-order valence-corrected chi connectivity index (χ3v) is 4.10. The van der Waals surface area contributed by atoms with Gasteiger partial charge in [0.15, 0.2) is 0 Å². The van der Waals surface area contributed by atoms with Gasteiger partial charge in [0.2, 0.25) is 0 Å². The second-order valence-electron chi connectivity index (χ2n) is 5.54. The first-order valence-electron chi connectivity index (χ1n) is 6.97. The molecule has 1 fully saturated rings. The fourth-order valence-corrected chi connectivity index (χ4v) is 2.95. The number of nitrogens with one attached hydrogen (secondary N) is 1. The predicted molar refractivity (Wildman–Crippen MR) is 76.0 cm³/mol. The molecule has 2 atom stereocenters. The first-order valence-corrected chi connectivity index (χ1v) is 6.97. The van der Waals surface area contributed by atoms with Crippen LogP contribution < -0.4 is 5.32 Å². The molecule has 1 aliphatic rings. The molecule has 1 aromatic rings. The predicted octanol–water partition coefficient (Wildman–Crippen LogP) is 3.30. The minimum Gasteiger partial charge on any atom is -0.373 e. The summed E-state index contributed by atoms with van der Waals surface area (Å²) in [6.45, 7) is 8.51. The van der Waals surface area contributed by atoms with Gasteiger partial charge in [0, 0.05) is 19.1 Å². The van der Waals surface area contributed by atoms with Crippen LogP contribution in [0.1, 0.15) is 41.2 Å². The average Bonchev–Trinajstić information content (AvgIpc) is 2.35. The third kappa shape index (κ3) is 2.76. The minimum absolute atomic E-state index is 0.269. The van der Waals surface area contributed by atoms with Gasteiger partial charge in [-0.25, -0.2) is 0 Å². The average molecular weight is 247 g/mol. The molecule has 1 N–H and O–H groups in total. The summed E-state index contributed by atoms with van der Waals surface area (Å²) in [4.78, 5) is 0. The van der Waals surface area contributed by atoms with Crippen molar-refractivity contribution in [2.75, 3.05) is 20.2 Å². The van der Waals surface area contributed by atoms with E-state index < -0.39 is 0 Å². The fraction of sp³-hybridized carbons (Fsp3) is 0.625. The molecule has 2 heteroatoms. The van der Waals surface area contributed by atoms with Crippen molar-refractivity contribution in [1.82, 2.24) is 5.32 Å². The zero-order chi connectivity index (χ0) is 13.1. The van der Waals surface area contributed by atoms with E-state index in [1.165, 1.54) is 35.1 Å². The van der Waals surface area contributed by atoms with Crippen LogP contribution in [-0.2, 0) is 4.74 Å². The summed E-state index contributed by atoms with van der Waals surface area (Å²) in [5.41, 5.74) is 5.49. The van der Waals surface area contributed by atoms with Crippen molar-refractivity contribution in [2.45, 2.75) is 39.7 Å². The molecule has 0 radical (unpaired) electrons. The molecule has 0 bridgehead atoms. The zero-order valence-corrected chi connectivity index (χ0v) is 12.0. The second kappa shape index (κ2) is 5.85. The molecule has 0 aliphatic carbocycles. The van der Waals surface area contributed by atoms with Crippen LogP contribution in [-0.4, -0.2) is 20.2 Å². The van der Waals surface area contributed by atoms with Crippen molar-refractivity contribution >= 4 is 0 Å². The summed E-state index contributed by atoms with van der Waals surface area (Å²) in [5, 5.41) is 3.30. The smallest absolute Gasteiger partial charge is 0.0867 e. The van der Waals surface area contributed by atoms with E-state index in [4.69, 9.17) is 4.74 Å². The lowest BCUT2D eigenvalue weighted by atomic mass is 9.86. The van der Waals surface area contributed by atoms with Crippen LogP contribution in [0.15, 0.2) is 12.1 Å². The molecule has 1 heterocycles. The number of hydrogen-bond acceptors (Lipinski definition) is 2. The van der Waals surface area contributed by atoms with Gasteiger partial charge in [0.05, 0.1) is 6.10 Å². The number of aryl methyl sites for hydroxylation is 3. The molecule has 0 aromatic heterocycles. The normalized spacial score (nSPS) is 24.2. The first-order chi connectivity index (χ1) is 8.63. The Morgan fingerprint density at radius 3 is 2.61 bits per heavy atom. The molecule has 1 saturated heterocycles. The molecule has 1 aliphatic heterocycles. The van der Waals surface area contributed by atoms with Crippen molar-refractivity contribution in [1.29, 1.82) is 0 Å². The number of ether oxygens (including phenoxy) is 1. The topological polar surface area (TPSA) is 21.3 Å². The van der Waals surface area contributed by atoms with Gasteiger partial charge in [-0.15, -0.1) is 0 Å². The molecule has 1 aromatic carbocycles. The molecular formula is C16H25NO. The highest BCUT2D eigenvalue weighted by Gasteiger charge is 2.28. The SMILES string of the molecule is CNCC1CCCOC1c1cc(C)c(C)cc1C. The maximum Gasteiger partial charge on any atom is 0.0867 e. The largest absolute Gasteiger partial charge is 0.373 e. The molecule has 2 nitrogen and oxygen atoms in total. The highest BCUT2D eigenvalue weighted by molar-refractivity contribution is 5.38. The van der Waals surface area contributed by atoms with Crippen LogP contribution in [0.2, 0.25) is 0 Å². The maximum absolute atomic E-state index is 6.06. The number of benzene rings is 1. The lowest BCUT2D eigenvalue weighted by Crippen LogP contribution is -2.30. The Morgan fingerprint density at radius 2 is 1.89 bits per heavy atom. The molecule has 0 saturated carbocycles. The van der Waals surface area contributed by atoms with Crippen molar-refractivity contribution in [3.63, 3.8) is 0 Å². The maximum atomic E-state index is 6.06. The van der Waals surface area contributed by atoms with E-state index >= 15 is 0 Å². The van der Waals surface area contributed by atoms with Gasteiger partial charge < -0.3 is 10.1 Å². The van der Waals surface area contributed by atoms with Crippen LogP contribution in [0, 0.1) is 26.7 Å². The van der Waals surface area contributed by atoms with E-state index in [-0.39, 0.29) is 6.10 Å². The van der Waals surface area contributed by atoms with Crippen molar-refractivity contribution in [2.24, 2.45) is 5.92 Å². The summed E-state index contributed by atoms with van der Waals surface area (Å²) >= 11 is 0. The third-order valence-electron chi connectivity index (χ3n) is 4.10. The van der Waals surface area contributed by atoms with Crippen molar-refractivity contribution < 1.29 is 4.74 Å². The Hall–Kier alpha value is -0.860. The summed E-state index contributed by atoms with van der Waals surface area (Å²) in [7, 11) is 2.03. The molecule has 2 rings (SSSR count). The van der Waals surface area contributed by atoms with E-state index in [9.17, 15) is 0 Å². The Bertz CT molecular complexity index is 412. The molecule has 18 heavy (non-hydrogen) atoms. The lowest BCUT2D eigenvalue weighted by molar-refractivity contribution is -0.0276. The second-order valence-corrected chi connectivity index (χ2v) is 5.54. The Morgan fingerprint density at radius 1 is 1.17 bits per heavy atom. The molecule has 0 spiro atoms. The Kier molecular flexibility index (Phi) is 4.41. The molecule has 100 valence electrons. The highest BCUT2D eigenvalue weighted by Crippen LogP contribution is 2.35. The van der Waals surface area contributed by atoms with Gasteiger partial charge in [-0.2, -0.15) is 0 Å². The van der Waals surface area contributed by atoms with E-state index in [0.717, 1.165) is 13.2 Å². The van der Waals surface area contributed by atoms with Crippen molar-refractivity contribution in [3.05, 3.63) is 34.4 Å². The molecule has 2 unspecified atom stereocenters. The van der Waals surface area contributed by atoms with Crippen molar-refractivity contribution in [3.8, 4) is 0 Å². The molecular weight excluding hydrogens is 222 g/mol. The summed E-state index contributed by atoms with van der Waals surface area (Å²) in [6, 6.07) is 4.61. The van der Waals surface area contributed by atoms with Crippen LogP contribution in [0.4, 0.5) is 0 Å². The van der Waals surface area contributed by atoms with Crippen LogP contribution >= 0.6 is 0 Å². The summed E-state index contributed by atoms with van der Waals surface area (Å²) in [6.07, 6.45) is 2.72. The fourth-order valence-electron chi connectivity index (χ4n) is 2.95. The molecule has 0 amide bonds. The standard InChI is InChI=1S/C16H25NO/c1-11-8-13(3)15(9-12(11)2)16-14(10-17-4)6-5-7-18-16/h8-9,14,16-17H,5-7,10H2,1-4H3. The number of hydrogen-bond donors (Lipinski definition) is 1. The number of rotatable bonds is 3. The van der Waals surface area contributed by atoms with E-state index in [2.05, 4.69) is 38.2 Å². The van der Waals surface area contributed by atoms with E-state index in [0.29, 0.717) is 5.92 Å².